The molecule has 21 heavy (non-hydrogen) atoms. The lowest BCUT2D eigenvalue weighted by molar-refractivity contribution is -0.254. The second-order valence-corrected chi connectivity index (χ2v) is 4.37. The van der Waals surface area contributed by atoms with E-state index in [2.05, 4.69) is 15.2 Å². The predicted octanol–water partition coefficient (Wildman–Crippen LogP) is 2.65. The summed E-state index contributed by atoms with van der Waals surface area (Å²) in [6.45, 7) is 0. The van der Waals surface area contributed by atoms with Gasteiger partial charge in [0.05, 0.1) is 17.2 Å². The number of carbonyl (C=O) groups is 1. The van der Waals surface area contributed by atoms with Gasteiger partial charge in [0.15, 0.2) is 5.69 Å². The van der Waals surface area contributed by atoms with Crippen LogP contribution in [0.25, 0.3) is 10.9 Å². The van der Waals surface area contributed by atoms with Crippen molar-refractivity contribution in [2.45, 2.75) is 0 Å². The van der Waals surface area contributed by atoms with Crippen molar-refractivity contribution >= 4 is 28.2 Å². The minimum Gasteiger partial charge on any atom is -0.545 e. The summed E-state index contributed by atoms with van der Waals surface area (Å²) in [5.41, 5.74) is 1.04. The van der Waals surface area contributed by atoms with Crippen LogP contribution in [-0.2, 0) is 0 Å². The molecule has 0 aliphatic rings. The molecule has 0 radical (unpaired) electrons. The number of carbonyl (C=O) groups excluding carboxylic acids is 1. The van der Waals surface area contributed by atoms with E-state index in [-0.39, 0.29) is 22.6 Å². The van der Waals surface area contributed by atoms with Gasteiger partial charge in [-0.1, -0.05) is 36.4 Å². The topological polar surface area (TPSA) is 101 Å². The molecule has 3 rings (SSSR count). The fourth-order valence-corrected chi connectivity index (χ4v) is 2.06. The summed E-state index contributed by atoms with van der Waals surface area (Å²) in [5, 5.41) is 29.4. The zero-order valence-electron chi connectivity index (χ0n) is 10.8. The molecule has 6 nitrogen and oxygen atoms in total. The maximum absolute atomic E-state index is 11.0. The van der Waals surface area contributed by atoms with Gasteiger partial charge < -0.3 is 20.0 Å². The summed E-state index contributed by atoms with van der Waals surface area (Å²) in [4.78, 5) is 13.6. The van der Waals surface area contributed by atoms with Crippen molar-refractivity contribution in [1.82, 2.24) is 4.98 Å². The molecule has 0 amide bonds. The third kappa shape index (κ3) is 2.34. The van der Waals surface area contributed by atoms with Crippen LogP contribution >= 0.6 is 0 Å². The number of carboxylic acids is 1. The summed E-state index contributed by atoms with van der Waals surface area (Å²) in [5.74, 6) is -1.56. The molecule has 0 unspecified atom stereocenters. The van der Waals surface area contributed by atoms with Crippen molar-refractivity contribution in [3.8, 4) is 5.88 Å². The molecule has 0 saturated heterocycles. The van der Waals surface area contributed by atoms with E-state index in [9.17, 15) is 15.0 Å². The van der Waals surface area contributed by atoms with E-state index in [1.165, 1.54) is 6.07 Å². The first-order valence-electron chi connectivity index (χ1n) is 6.18. The van der Waals surface area contributed by atoms with Gasteiger partial charge in [0.1, 0.15) is 0 Å². The number of nitrogens with zero attached hydrogens (tertiary/aromatic N) is 2. The monoisotopic (exact) mass is 280 g/mol. The average Bonchev–Trinajstić information content (AvgIpc) is 2.81. The van der Waals surface area contributed by atoms with Crippen molar-refractivity contribution in [1.29, 1.82) is 0 Å². The van der Waals surface area contributed by atoms with Gasteiger partial charge in [-0.2, -0.15) is 5.11 Å². The normalized spacial score (nSPS) is 11.2. The molecule has 1 aromatic heterocycles. The Bertz CT molecular complexity index is 838. The van der Waals surface area contributed by atoms with Gasteiger partial charge in [-0.3, -0.25) is 0 Å². The Morgan fingerprint density at radius 3 is 2.52 bits per heavy atom. The van der Waals surface area contributed by atoms with Crippen LogP contribution in [0.2, 0.25) is 0 Å². The predicted molar refractivity (Wildman–Crippen MR) is 74.9 cm³/mol. The van der Waals surface area contributed by atoms with E-state index < -0.39 is 5.97 Å². The second kappa shape index (κ2) is 5.09. The fraction of sp³-hybridized carbons (Fsp3) is 0. The third-order valence-electron chi connectivity index (χ3n) is 3.03. The molecule has 0 fully saturated rings. The Morgan fingerprint density at radius 1 is 1.05 bits per heavy atom. The number of aromatic amines is 1. The highest BCUT2D eigenvalue weighted by molar-refractivity contribution is 6.06. The summed E-state index contributed by atoms with van der Waals surface area (Å²) < 4.78 is 0. The van der Waals surface area contributed by atoms with Gasteiger partial charge in [-0.25, -0.2) is 0 Å². The smallest absolute Gasteiger partial charge is 0.218 e. The van der Waals surface area contributed by atoms with Crippen LogP contribution in [-0.4, -0.2) is 16.1 Å². The third-order valence-corrected chi connectivity index (χ3v) is 3.03. The van der Waals surface area contributed by atoms with E-state index in [1.54, 1.807) is 24.3 Å². The maximum Gasteiger partial charge on any atom is 0.218 e. The zero-order chi connectivity index (χ0) is 14.8. The first kappa shape index (κ1) is 12.9. The van der Waals surface area contributed by atoms with Crippen LogP contribution in [0.15, 0.2) is 58.8 Å². The van der Waals surface area contributed by atoms with Crippen LogP contribution in [0.5, 0.6) is 5.88 Å². The van der Waals surface area contributed by atoms with Crippen LogP contribution < -0.4 is 5.11 Å². The summed E-state index contributed by atoms with van der Waals surface area (Å²) >= 11 is 0. The van der Waals surface area contributed by atoms with Gasteiger partial charge in [-0.05, 0) is 12.1 Å². The van der Waals surface area contributed by atoms with Crippen LogP contribution in [0.4, 0.5) is 11.4 Å². The molecule has 0 spiro atoms. The largest absolute Gasteiger partial charge is 0.545 e. The Kier molecular flexibility index (Phi) is 3.12. The van der Waals surface area contributed by atoms with Crippen molar-refractivity contribution in [3.63, 3.8) is 0 Å². The van der Waals surface area contributed by atoms with E-state index in [0.29, 0.717) is 11.1 Å². The highest BCUT2D eigenvalue weighted by atomic mass is 16.4. The molecule has 0 aliphatic heterocycles. The van der Waals surface area contributed by atoms with Crippen molar-refractivity contribution in [3.05, 3.63) is 54.1 Å². The molecular weight excluding hydrogens is 270 g/mol. The van der Waals surface area contributed by atoms with Crippen molar-refractivity contribution in [2.24, 2.45) is 10.2 Å². The molecule has 3 aromatic rings. The Labute approximate surface area is 119 Å². The number of benzene rings is 2. The quantitative estimate of drug-likeness (QED) is 0.721. The van der Waals surface area contributed by atoms with Crippen LogP contribution in [0.1, 0.15) is 10.4 Å². The lowest BCUT2D eigenvalue weighted by Gasteiger charge is -2.02. The number of hydrogen-bond donors (Lipinski definition) is 2. The highest BCUT2D eigenvalue weighted by Gasteiger charge is 2.13. The Morgan fingerprint density at radius 2 is 1.81 bits per heavy atom. The maximum atomic E-state index is 11.0. The standard InChI is InChI=1S/C15H11N3O3/c19-14-13(18-17-9-5-2-1-3-6-9)10-7-4-8-11(15(20)21)12(10)16-14/h1-8,16,19H,(H,20,21)/p-1. The van der Waals surface area contributed by atoms with Gasteiger partial charge in [-0.15, -0.1) is 5.11 Å². The Balaban J connectivity index is 2.11. The average molecular weight is 280 g/mol. The molecule has 104 valence electrons. The molecular formula is C15H10N3O3-. The van der Waals surface area contributed by atoms with Gasteiger partial charge in [0.25, 0.3) is 0 Å². The van der Waals surface area contributed by atoms with Crippen molar-refractivity contribution < 1.29 is 15.0 Å². The summed E-state index contributed by atoms with van der Waals surface area (Å²) in [6.07, 6.45) is 0. The fourth-order valence-electron chi connectivity index (χ4n) is 2.06. The van der Waals surface area contributed by atoms with Gasteiger partial charge in [0.2, 0.25) is 5.88 Å². The number of azo groups is 1. The first-order chi connectivity index (χ1) is 10.2. The minimum atomic E-state index is -1.33. The number of para-hydroxylation sites is 1. The second-order valence-electron chi connectivity index (χ2n) is 4.37. The van der Waals surface area contributed by atoms with E-state index in [4.69, 9.17) is 0 Å². The first-order valence-corrected chi connectivity index (χ1v) is 6.18. The van der Waals surface area contributed by atoms with Crippen molar-refractivity contribution in [2.75, 3.05) is 0 Å². The molecule has 2 N–H and O–H groups in total. The Hall–Kier alpha value is -3.15. The highest BCUT2D eigenvalue weighted by Crippen LogP contribution is 2.37. The number of nitrogens with one attached hydrogen (secondary N) is 1. The molecule has 0 aliphatic carbocycles. The number of aromatic carboxylic acids is 1. The number of hydrogen-bond acceptors (Lipinski definition) is 5. The molecule has 6 heteroatoms. The zero-order valence-corrected chi connectivity index (χ0v) is 10.8. The summed E-state index contributed by atoms with van der Waals surface area (Å²) in [7, 11) is 0. The number of rotatable bonds is 3. The number of aromatic hydroxyl groups is 1. The summed E-state index contributed by atoms with van der Waals surface area (Å²) in [6, 6.07) is 13.6. The number of fused-ring (bicyclic) bond motifs is 1. The molecule has 0 bridgehead atoms. The number of H-pyrrole nitrogens is 1. The van der Waals surface area contributed by atoms with E-state index >= 15 is 0 Å². The van der Waals surface area contributed by atoms with E-state index in [1.807, 2.05) is 18.2 Å². The SMILES string of the molecule is O=C([O-])c1cccc2c(N=Nc3ccccc3)c(O)[nH]c12. The molecule has 1 heterocycles. The van der Waals surface area contributed by atoms with Gasteiger partial charge in [0, 0.05) is 10.9 Å². The lowest BCUT2D eigenvalue weighted by Crippen LogP contribution is -2.22. The molecule has 2 aromatic carbocycles. The number of carboxylic acid groups (broad SMARTS) is 1. The minimum absolute atomic E-state index is 0.0380. The van der Waals surface area contributed by atoms with Crippen LogP contribution in [0, 0.1) is 0 Å². The van der Waals surface area contributed by atoms with E-state index in [0.717, 1.165) is 0 Å². The van der Waals surface area contributed by atoms with Crippen LogP contribution in [0.3, 0.4) is 0 Å². The number of aromatic nitrogens is 1. The molecule has 0 saturated carbocycles. The van der Waals surface area contributed by atoms with Gasteiger partial charge >= 0.3 is 0 Å². The lowest BCUT2D eigenvalue weighted by atomic mass is 10.1. The molecule has 0 atom stereocenters.